The Morgan fingerprint density at radius 2 is 1.97 bits per heavy atom. The number of hydrogen-bond donors (Lipinski definition) is 2. The number of ether oxygens (including phenoxy) is 1. The van der Waals surface area contributed by atoms with Crippen LogP contribution < -0.4 is 15.0 Å². The molecule has 4 atom stereocenters. The number of hydrogen-bond acceptors (Lipinski definition) is 7. The van der Waals surface area contributed by atoms with Crippen molar-refractivity contribution in [3.8, 4) is 34.0 Å². The average Bonchev–Trinajstić information content (AvgIpc) is 3.24. The molecule has 0 radical (unpaired) electrons. The number of pyridine rings is 1. The number of alkyl halides is 1. The smallest absolute Gasteiger partial charge is 0.216 e. The fourth-order valence-electron chi connectivity index (χ4n) is 4.83. The van der Waals surface area contributed by atoms with Crippen LogP contribution in [0.4, 0.5) is 14.6 Å². The van der Waals surface area contributed by atoms with Crippen LogP contribution in [-0.4, -0.2) is 58.5 Å². The van der Waals surface area contributed by atoms with Crippen LogP contribution in [-0.2, 0) is 0 Å². The Hall–Kier alpha value is -3.33. The molecular formula is C24H25F2N5O2. The lowest BCUT2D eigenvalue weighted by Gasteiger charge is -2.38. The third-order valence-electron chi connectivity index (χ3n) is 6.64. The molecule has 0 saturated carbocycles. The summed E-state index contributed by atoms with van der Waals surface area (Å²) >= 11 is 0. The summed E-state index contributed by atoms with van der Waals surface area (Å²) in [6, 6.07) is 7.87. The van der Waals surface area contributed by atoms with Crippen LogP contribution in [0.1, 0.15) is 19.3 Å². The Balaban J connectivity index is 1.36. The van der Waals surface area contributed by atoms with Gasteiger partial charge < -0.3 is 20.1 Å². The van der Waals surface area contributed by atoms with Crippen molar-refractivity contribution in [1.82, 2.24) is 20.3 Å². The Labute approximate surface area is 190 Å². The number of methoxy groups -OCH3 is 1. The SMILES string of the molecule is COc1cc(-c2ccc(-c3cnc(N(C)[C@H]4CC5CCC(N5)[C@H]4F)cn3)c(O)c2)cc(F)n1. The number of piperidine rings is 1. The number of benzene rings is 1. The van der Waals surface area contributed by atoms with E-state index in [-0.39, 0.29) is 23.7 Å². The van der Waals surface area contributed by atoms with E-state index in [1.165, 1.54) is 19.2 Å². The van der Waals surface area contributed by atoms with Crippen LogP contribution >= 0.6 is 0 Å². The van der Waals surface area contributed by atoms with Gasteiger partial charge in [-0.3, -0.25) is 4.98 Å². The van der Waals surface area contributed by atoms with E-state index in [2.05, 4.69) is 20.3 Å². The molecule has 1 aromatic carbocycles. The number of aromatic hydroxyl groups is 1. The number of nitrogens with zero attached hydrogens (tertiary/aromatic N) is 4. The minimum absolute atomic E-state index is 0.0159. The third kappa shape index (κ3) is 4.08. The van der Waals surface area contributed by atoms with E-state index in [1.807, 2.05) is 11.9 Å². The van der Waals surface area contributed by atoms with Crippen LogP contribution in [0.5, 0.6) is 11.6 Å². The Kier molecular flexibility index (Phi) is 5.57. The number of phenolic OH excluding ortho intramolecular Hbond substituents is 1. The van der Waals surface area contributed by atoms with Crippen molar-refractivity contribution >= 4 is 5.82 Å². The lowest BCUT2D eigenvalue weighted by molar-refractivity contribution is 0.176. The van der Waals surface area contributed by atoms with Crippen molar-refractivity contribution in [1.29, 1.82) is 0 Å². The molecule has 2 aromatic heterocycles. The maximum atomic E-state index is 14.9. The predicted molar refractivity (Wildman–Crippen MR) is 121 cm³/mol. The fourth-order valence-corrected chi connectivity index (χ4v) is 4.83. The summed E-state index contributed by atoms with van der Waals surface area (Å²) in [7, 11) is 3.26. The quantitative estimate of drug-likeness (QED) is 0.570. The Morgan fingerprint density at radius 1 is 1.12 bits per heavy atom. The van der Waals surface area contributed by atoms with E-state index in [9.17, 15) is 13.9 Å². The van der Waals surface area contributed by atoms with E-state index in [4.69, 9.17) is 4.74 Å². The van der Waals surface area contributed by atoms with Gasteiger partial charge in [-0.05, 0) is 42.5 Å². The molecule has 5 rings (SSSR count). The van der Waals surface area contributed by atoms with Crippen LogP contribution in [0, 0.1) is 5.95 Å². The minimum Gasteiger partial charge on any atom is -0.507 e. The zero-order chi connectivity index (χ0) is 23.1. The van der Waals surface area contributed by atoms with E-state index < -0.39 is 12.1 Å². The van der Waals surface area contributed by atoms with Gasteiger partial charge in [0, 0.05) is 36.8 Å². The highest BCUT2D eigenvalue weighted by atomic mass is 19.1. The van der Waals surface area contributed by atoms with Crippen LogP contribution in [0.25, 0.3) is 22.4 Å². The summed E-state index contributed by atoms with van der Waals surface area (Å²) in [6.45, 7) is 0. The summed E-state index contributed by atoms with van der Waals surface area (Å²) in [4.78, 5) is 14.4. The molecule has 2 N–H and O–H groups in total. The molecule has 2 bridgehead atoms. The molecule has 0 amide bonds. The van der Waals surface area contributed by atoms with Gasteiger partial charge >= 0.3 is 0 Å². The van der Waals surface area contributed by atoms with E-state index in [0.29, 0.717) is 34.2 Å². The standard InChI is InChI=1S/C24H25F2N5O2/c1-31(19-10-15-4-6-17(29-15)24(19)26)22-12-27-18(11-28-22)16-5-3-13(7-20(16)32)14-8-21(25)30-23(9-14)33-2/h3,5,7-9,11-12,15,17,19,24,29,32H,4,6,10H2,1-2H3/t15?,17?,19-,24+/m0/s1. The van der Waals surface area contributed by atoms with Gasteiger partial charge in [0.2, 0.25) is 11.8 Å². The highest BCUT2D eigenvalue weighted by Crippen LogP contribution is 2.35. The molecule has 2 aliphatic heterocycles. The van der Waals surface area contributed by atoms with Crippen LogP contribution in [0.15, 0.2) is 42.7 Å². The number of aromatic nitrogens is 3. The van der Waals surface area contributed by atoms with Gasteiger partial charge in [0.15, 0.2) is 0 Å². The molecule has 2 saturated heterocycles. The highest BCUT2D eigenvalue weighted by Gasteiger charge is 2.43. The molecule has 0 aliphatic carbocycles. The molecule has 2 fully saturated rings. The van der Waals surface area contributed by atoms with Gasteiger partial charge in [0.1, 0.15) is 17.7 Å². The first-order chi connectivity index (χ1) is 15.9. The minimum atomic E-state index is -0.955. The predicted octanol–water partition coefficient (Wildman–Crippen LogP) is 3.73. The first kappa shape index (κ1) is 21.5. The number of anilines is 1. The topological polar surface area (TPSA) is 83.4 Å². The van der Waals surface area contributed by atoms with Crippen LogP contribution in [0.2, 0.25) is 0 Å². The lowest BCUT2D eigenvalue weighted by atomic mass is 9.96. The van der Waals surface area contributed by atoms with Gasteiger partial charge in [0.05, 0.1) is 31.2 Å². The van der Waals surface area contributed by atoms with Gasteiger partial charge in [-0.2, -0.15) is 9.37 Å². The summed E-state index contributed by atoms with van der Waals surface area (Å²) in [5.74, 6) is 0.0492. The number of halogens is 2. The molecule has 0 spiro atoms. The molecule has 3 aromatic rings. The van der Waals surface area contributed by atoms with Gasteiger partial charge in [-0.1, -0.05) is 6.07 Å². The summed E-state index contributed by atoms with van der Waals surface area (Å²) in [5, 5.41) is 14.0. The van der Waals surface area contributed by atoms with Gasteiger partial charge in [-0.25, -0.2) is 9.37 Å². The number of fused-ring (bicyclic) bond motifs is 2. The molecule has 2 unspecified atom stereocenters. The largest absolute Gasteiger partial charge is 0.507 e. The van der Waals surface area contributed by atoms with Crippen molar-refractivity contribution in [3.63, 3.8) is 0 Å². The zero-order valence-corrected chi connectivity index (χ0v) is 18.4. The lowest BCUT2D eigenvalue weighted by Crippen LogP contribution is -2.55. The van der Waals surface area contributed by atoms with Crippen molar-refractivity contribution < 1.29 is 18.6 Å². The molecule has 7 nitrogen and oxygen atoms in total. The fraction of sp³-hybridized carbons (Fsp3) is 0.375. The molecule has 172 valence electrons. The Bertz CT molecular complexity index is 1160. The van der Waals surface area contributed by atoms with E-state index >= 15 is 0 Å². The number of rotatable bonds is 5. The summed E-state index contributed by atoms with van der Waals surface area (Å²) in [5.41, 5.74) is 2.11. The molecule has 33 heavy (non-hydrogen) atoms. The van der Waals surface area contributed by atoms with Gasteiger partial charge in [0.25, 0.3) is 0 Å². The second-order valence-corrected chi connectivity index (χ2v) is 8.62. The second kappa shape index (κ2) is 8.55. The van der Waals surface area contributed by atoms with Crippen molar-refractivity contribution in [2.45, 2.75) is 43.6 Å². The molecule has 2 aliphatic rings. The van der Waals surface area contributed by atoms with E-state index in [1.54, 1.807) is 30.6 Å². The van der Waals surface area contributed by atoms with Crippen molar-refractivity contribution in [2.75, 3.05) is 19.1 Å². The van der Waals surface area contributed by atoms with Crippen LogP contribution in [0.3, 0.4) is 0 Å². The number of phenols is 1. The maximum Gasteiger partial charge on any atom is 0.216 e. The van der Waals surface area contributed by atoms with Gasteiger partial charge in [-0.15, -0.1) is 0 Å². The van der Waals surface area contributed by atoms with Crippen molar-refractivity contribution in [2.24, 2.45) is 0 Å². The number of nitrogens with one attached hydrogen (secondary N) is 1. The van der Waals surface area contributed by atoms with E-state index in [0.717, 1.165) is 19.3 Å². The van der Waals surface area contributed by atoms with Crippen molar-refractivity contribution in [3.05, 3.63) is 48.7 Å². The monoisotopic (exact) mass is 453 g/mol. The Morgan fingerprint density at radius 3 is 2.70 bits per heavy atom. The molecular weight excluding hydrogens is 428 g/mol. The third-order valence-corrected chi connectivity index (χ3v) is 6.64. The normalized spacial score (nSPS) is 24.0. The highest BCUT2D eigenvalue weighted by molar-refractivity contribution is 5.74. The first-order valence-corrected chi connectivity index (χ1v) is 10.9. The average molecular weight is 453 g/mol. The zero-order valence-electron chi connectivity index (χ0n) is 18.4. The second-order valence-electron chi connectivity index (χ2n) is 8.62. The first-order valence-electron chi connectivity index (χ1n) is 10.9. The summed E-state index contributed by atoms with van der Waals surface area (Å²) in [6.07, 6.45) is 4.83. The maximum absolute atomic E-state index is 14.9. The molecule has 9 heteroatoms. The summed E-state index contributed by atoms with van der Waals surface area (Å²) < 4.78 is 33.7. The molecule has 4 heterocycles.